The van der Waals surface area contributed by atoms with Crippen LogP contribution in [-0.4, -0.2) is 20.6 Å². The number of hydrogen-bond acceptors (Lipinski definition) is 2. The summed E-state index contributed by atoms with van der Waals surface area (Å²) in [4.78, 5) is 15.3. The van der Waals surface area contributed by atoms with Gasteiger partial charge in [0.15, 0.2) is 0 Å². The van der Waals surface area contributed by atoms with Crippen molar-refractivity contribution in [3.05, 3.63) is 48.3 Å². The molecule has 1 aromatic carbocycles. The SMILES string of the molecule is O=C(O)C1(c2ccc(-n3ccnc3)c(F)c2)CCC1. The fourth-order valence-electron chi connectivity index (χ4n) is 2.57. The molecule has 1 aliphatic carbocycles. The molecule has 0 aliphatic heterocycles. The van der Waals surface area contributed by atoms with E-state index in [1.807, 2.05) is 0 Å². The number of carbonyl (C=O) groups is 1. The second-order valence-corrected chi connectivity index (χ2v) is 4.88. The Bertz CT molecular complexity index is 618. The molecule has 1 heterocycles. The Balaban J connectivity index is 2.02. The lowest BCUT2D eigenvalue weighted by atomic mass is 9.64. The lowest BCUT2D eigenvalue weighted by Crippen LogP contribution is -2.42. The monoisotopic (exact) mass is 260 g/mol. The molecule has 19 heavy (non-hydrogen) atoms. The van der Waals surface area contributed by atoms with Crippen LogP contribution in [0.1, 0.15) is 24.8 Å². The van der Waals surface area contributed by atoms with Crippen LogP contribution in [0.4, 0.5) is 4.39 Å². The lowest BCUT2D eigenvalue weighted by Gasteiger charge is -2.38. The summed E-state index contributed by atoms with van der Waals surface area (Å²) in [6, 6.07) is 4.64. The molecule has 0 spiro atoms. The number of carboxylic acids is 1. The van der Waals surface area contributed by atoms with Crippen molar-refractivity contribution in [2.24, 2.45) is 0 Å². The molecule has 1 aliphatic rings. The van der Waals surface area contributed by atoms with Gasteiger partial charge in [0.1, 0.15) is 5.82 Å². The van der Waals surface area contributed by atoms with E-state index >= 15 is 0 Å². The summed E-state index contributed by atoms with van der Waals surface area (Å²) >= 11 is 0. The quantitative estimate of drug-likeness (QED) is 0.922. The van der Waals surface area contributed by atoms with Crippen LogP contribution in [0.2, 0.25) is 0 Å². The normalized spacial score (nSPS) is 16.9. The van der Waals surface area contributed by atoms with Gasteiger partial charge < -0.3 is 9.67 Å². The van der Waals surface area contributed by atoms with Crippen molar-refractivity contribution in [2.75, 3.05) is 0 Å². The summed E-state index contributed by atoms with van der Waals surface area (Å²) in [6.45, 7) is 0. The first kappa shape index (κ1) is 11.9. The minimum absolute atomic E-state index is 0.376. The Labute approximate surface area is 109 Å². The highest BCUT2D eigenvalue weighted by Crippen LogP contribution is 2.44. The number of nitrogens with zero attached hydrogens (tertiary/aromatic N) is 2. The van der Waals surface area contributed by atoms with E-state index in [9.17, 15) is 14.3 Å². The van der Waals surface area contributed by atoms with Crippen molar-refractivity contribution in [3.8, 4) is 5.69 Å². The summed E-state index contributed by atoms with van der Waals surface area (Å²) in [5.41, 5.74) is 0.0302. The molecule has 1 saturated carbocycles. The molecule has 2 aromatic rings. The maximum atomic E-state index is 14.1. The van der Waals surface area contributed by atoms with Crippen molar-refractivity contribution in [2.45, 2.75) is 24.7 Å². The second-order valence-electron chi connectivity index (χ2n) is 4.88. The Morgan fingerprint density at radius 1 is 1.42 bits per heavy atom. The minimum atomic E-state index is -0.895. The molecule has 0 radical (unpaired) electrons. The molecule has 1 aromatic heterocycles. The predicted molar refractivity (Wildman–Crippen MR) is 66.7 cm³/mol. The van der Waals surface area contributed by atoms with E-state index in [-0.39, 0.29) is 0 Å². The smallest absolute Gasteiger partial charge is 0.314 e. The van der Waals surface area contributed by atoms with Crippen LogP contribution < -0.4 is 0 Å². The van der Waals surface area contributed by atoms with Crippen molar-refractivity contribution in [1.29, 1.82) is 0 Å². The summed E-state index contributed by atoms with van der Waals surface area (Å²) in [7, 11) is 0. The fourth-order valence-corrected chi connectivity index (χ4v) is 2.57. The fraction of sp³-hybridized carbons (Fsp3) is 0.286. The van der Waals surface area contributed by atoms with Crippen molar-refractivity contribution in [3.63, 3.8) is 0 Å². The van der Waals surface area contributed by atoms with E-state index in [0.29, 0.717) is 24.1 Å². The molecular formula is C14H13FN2O2. The van der Waals surface area contributed by atoms with Gasteiger partial charge in [0.2, 0.25) is 0 Å². The molecule has 98 valence electrons. The van der Waals surface area contributed by atoms with Crippen LogP contribution in [0, 0.1) is 5.82 Å². The van der Waals surface area contributed by atoms with Gasteiger partial charge in [-0.05, 0) is 30.5 Å². The van der Waals surface area contributed by atoms with Gasteiger partial charge >= 0.3 is 5.97 Å². The van der Waals surface area contributed by atoms with Gasteiger partial charge in [0.05, 0.1) is 17.4 Å². The average molecular weight is 260 g/mol. The summed E-state index contributed by atoms with van der Waals surface area (Å²) < 4.78 is 15.7. The maximum absolute atomic E-state index is 14.1. The Morgan fingerprint density at radius 3 is 2.68 bits per heavy atom. The van der Waals surface area contributed by atoms with E-state index in [1.165, 1.54) is 12.4 Å². The third-order valence-electron chi connectivity index (χ3n) is 3.90. The number of carboxylic acid groups (broad SMARTS) is 1. The molecule has 1 fully saturated rings. The molecule has 0 bridgehead atoms. The van der Waals surface area contributed by atoms with Gasteiger partial charge in [-0.1, -0.05) is 12.5 Å². The van der Waals surface area contributed by atoms with E-state index < -0.39 is 17.2 Å². The van der Waals surface area contributed by atoms with Crippen LogP contribution in [0.15, 0.2) is 36.9 Å². The third-order valence-corrected chi connectivity index (χ3v) is 3.90. The summed E-state index contributed by atoms with van der Waals surface area (Å²) in [5, 5.41) is 9.34. The first-order chi connectivity index (χ1) is 9.13. The van der Waals surface area contributed by atoms with Crippen molar-refractivity contribution in [1.82, 2.24) is 9.55 Å². The Morgan fingerprint density at radius 2 is 2.21 bits per heavy atom. The molecule has 0 atom stereocenters. The summed E-state index contributed by atoms with van der Waals surface area (Å²) in [5.74, 6) is -1.29. The number of aliphatic carboxylic acids is 1. The van der Waals surface area contributed by atoms with Gasteiger partial charge in [-0.3, -0.25) is 4.79 Å². The molecule has 0 amide bonds. The van der Waals surface area contributed by atoms with E-state index in [4.69, 9.17) is 0 Å². The van der Waals surface area contributed by atoms with Gasteiger partial charge in [-0.25, -0.2) is 9.37 Å². The van der Waals surface area contributed by atoms with E-state index in [0.717, 1.165) is 6.42 Å². The zero-order chi connectivity index (χ0) is 13.5. The van der Waals surface area contributed by atoms with Crippen molar-refractivity contribution < 1.29 is 14.3 Å². The largest absolute Gasteiger partial charge is 0.481 e. The average Bonchev–Trinajstić information content (AvgIpc) is 2.80. The number of imidazole rings is 1. The van der Waals surface area contributed by atoms with Crippen LogP contribution in [0.5, 0.6) is 0 Å². The minimum Gasteiger partial charge on any atom is -0.481 e. The molecule has 0 saturated heterocycles. The van der Waals surface area contributed by atoms with Gasteiger partial charge in [0, 0.05) is 12.4 Å². The Kier molecular flexibility index (Phi) is 2.62. The van der Waals surface area contributed by atoms with Crippen LogP contribution >= 0.6 is 0 Å². The zero-order valence-corrected chi connectivity index (χ0v) is 10.2. The number of halogens is 1. The highest BCUT2D eigenvalue weighted by atomic mass is 19.1. The highest BCUT2D eigenvalue weighted by molar-refractivity contribution is 5.82. The van der Waals surface area contributed by atoms with Crippen molar-refractivity contribution >= 4 is 5.97 Å². The highest BCUT2D eigenvalue weighted by Gasteiger charge is 2.46. The van der Waals surface area contributed by atoms with Crippen LogP contribution in [0.3, 0.4) is 0 Å². The first-order valence-electron chi connectivity index (χ1n) is 6.15. The zero-order valence-electron chi connectivity index (χ0n) is 10.2. The molecule has 3 rings (SSSR count). The molecule has 4 nitrogen and oxygen atoms in total. The Hall–Kier alpha value is -2.17. The van der Waals surface area contributed by atoms with Gasteiger partial charge in [-0.15, -0.1) is 0 Å². The topological polar surface area (TPSA) is 55.1 Å². The summed E-state index contributed by atoms with van der Waals surface area (Å²) in [6.07, 6.45) is 6.75. The maximum Gasteiger partial charge on any atom is 0.314 e. The lowest BCUT2D eigenvalue weighted by molar-refractivity contribution is -0.147. The standard InChI is InChI=1S/C14H13FN2O2/c15-11-8-10(14(13(18)19)4-1-5-14)2-3-12(11)17-7-6-16-9-17/h2-3,6-9H,1,4-5H2,(H,18,19). The van der Waals surface area contributed by atoms with Crippen LogP contribution in [0.25, 0.3) is 5.69 Å². The van der Waals surface area contributed by atoms with E-state index in [1.54, 1.807) is 29.1 Å². The number of aromatic nitrogens is 2. The second kappa shape index (κ2) is 4.19. The number of benzene rings is 1. The molecule has 1 N–H and O–H groups in total. The molecular weight excluding hydrogens is 247 g/mol. The predicted octanol–water partition coefficient (Wildman–Crippen LogP) is 2.52. The van der Waals surface area contributed by atoms with Gasteiger partial charge in [0.25, 0.3) is 0 Å². The first-order valence-corrected chi connectivity index (χ1v) is 6.15. The third kappa shape index (κ3) is 1.73. The number of hydrogen-bond donors (Lipinski definition) is 1. The van der Waals surface area contributed by atoms with E-state index in [2.05, 4.69) is 4.98 Å². The molecule has 0 unspecified atom stereocenters. The molecule has 5 heteroatoms. The number of rotatable bonds is 3. The van der Waals surface area contributed by atoms with Gasteiger partial charge in [-0.2, -0.15) is 0 Å². The van der Waals surface area contributed by atoms with Crippen LogP contribution in [-0.2, 0) is 10.2 Å².